The number of nitrogen functional groups attached to an aromatic ring is 1. The van der Waals surface area contributed by atoms with Gasteiger partial charge in [0.2, 0.25) is 0 Å². The van der Waals surface area contributed by atoms with Crippen molar-refractivity contribution in [2.75, 3.05) is 25.9 Å². The second kappa shape index (κ2) is 11.2. The second-order valence-corrected chi connectivity index (χ2v) is 10.3. The zero-order valence-electron chi connectivity index (χ0n) is 21.3. The second-order valence-electron chi connectivity index (χ2n) is 10.3. The topological polar surface area (TPSA) is 140 Å². The largest absolute Gasteiger partial charge is 0.387 e. The van der Waals surface area contributed by atoms with Crippen LogP contribution in [0.25, 0.3) is 11.2 Å². The van der Waals surface area contributed by atoms with Gasteiger partial charge in [0.1, 0.15) is 35.9 Å². The number of ether oxygens (including phenoxy) is 1. The maximum Gasteiger partial charge on any atom is 0.167 e. The summed E-state index contributed by atoms with van der Waals surface area (Å²) in [6.45, 7) is 1.21. The van der Waals surface area contributed by atoms with E-state index < -0.39 is 24.5 Å². The number of hydrogen-bond acceptors (Lipinski definition) is 9. The Morgan fingerprint density at radius 3 is 2.86 bits per heavy atom. The number of benzene rings is 1. The number of aromatic nitrogens is 4. The minimum absolute atomic E-state index is 0.245. The fraction of sp³-hybridized carbons (Fsp3) is 0.556. The highest BCUT2D eigenvalue weighted by Crippen LogP contribution is 2.32. The summed E-state index contributed by atoms with van der Waals surface area (Å²) in [7, 11) is 1.95. The normalized spacial score (nSPS) is 23.6. The molecule has 2 aromatic heterocycles. The number of likely N-dealkylation sites (N-methyl/N-ethyl adjacent to an activating group) is 1. The summed E-state index contributed by atoms with van der Waals surface area (Å²) in [5.41, 5.74) is 10.8. The maximum absolute atomic E-state index is 12.6. The van der Waals surface area contributed by atoms with Crippen LogP contribution in [0.2, 0.25) is 0 Å². The molecule has 198 valence electrons. The predicted molar refractivity (Wildman–Crippen MR) is 139 cm³/mol. The van der Waals surface area contributed by atoms with Crippen LogP contribution in [-0.4, -0.2) is 78.9 Å². The molecule has 1 aromatic carbocycles. The van der Waals surface area contributed by atoms with Crippen LogP contribution in [0, 0.1) is 0 Å². The molecule has 1 fully saturated rings. The molecule has 0 radical (unpaired) electrons. The van der Waals surface area contributed by atoms with Gasteiger partial charge in [0.25, 0.3) is 0 Å². The Morgan fingerprint density at radius 1 is 1.16 bits per heavy atom. The van der Waals surface area contributed by atoms with Gasteiger partial charge in [0.05, 0.1) is 6.33 Å². The van der Waals surface area contributed by atoms with Crippen molar-refractivity contribution < 1.29 is 19.7 Å². The predicted octanol–water partition coefficient (Wildman–Crippen LogP) is 1.82. The summed E-state index contributed by atoms with van der Waals surface area (Å²) in [6.07, 6.45) is 6.69. The SMILES string of the molecule is CN(CCCCC(=O)Cc1cccc2c1CCCC2)C[C@H]1O[C@@H](n2cnc3c(N)ncnc32)[C@H](O)[C@@H]1O. The van der Waals surface area contributed by atoms with Crippen LogP contribution in [0.3, 0.4) is 0 Å². The first kappa shape index (κ1) is 25.7. The molecule has 0 bridgehead atoms. The van der Waals surface area contributed by atoms with E-state index in [9.17, 15) is 15.0 Å². The first-order valence-corrected chi connectivity index (χ1v) is 13.2. The molecule has 37 heavy (non-hydrogen) atoms. The van der Waals surface area contributed by atoms with E-state index in [2.05, 4.69) is 38.1 Å². The molecule has 10 nitrogen and oxygen atoms in total. The zero-order chi connectivity index (χ0) is 25.9. The number of carbonyl (C=O) groups is 1. The Hall–Kier alpha value is -2.92. The molecule has 10 heteroatoms. The standard InChI is InChI=1S/C27H36N6O4/c1-32(12-5-4-10-19(34)13-18-9-6-8-17-7-2-3-11-20(17)18)14-21-23(35)24(36)27(37-21)33-16-31-22-25(28)29-15-30-26(22)33/h6,8-9,15-16,21,23-24,27,35-36H,2-5,7,10-14H2,1H3,(H2,28,29,30)/t21-,23-,24-,27-/m1/s1. The molecule has 3 heterocycles. The van der Waals surface area contributed by atoms with Gasteiger partial charge in [-0.25, -0.2) is 15.0 Å². The molecule has 0 unspecified atom stereocenters. The number of imidazole rings is 1. The molecule has 0 spiro atoms. The van der Waals surface area contributed by atoms with Crippen molar-refractivity contribution in [2.45, 2.75) is 75.9 Å². The third-order valence-electron chi connectivity index (χ3n) is 7.62. The molecule has 2 aliphatic rings. The smallest absolute Gasteiger partial charge is 0.167 e. The van der Waals surface area contributed by atoms with Gasteiger partial charge in [-0.15, -0.1) is 0 Å². The summed E-state index contributed by atoms with van der Waals surface area (Å²) >= 11 is 0. The lowest BCUT2D eigenvalue weighted by Crippen LogP contribution is -2.38. The van der Waals surface area contributed by atoms with Gasteiger partial charge < -0.3 is 25.6 Å². The van der Waals surface area contributed by atoms with Gasteiger partial charge in [0, 0.05) is 19.4 Å². The molecule has 0 saturated carbocycles. The molecule has 3 aromatic rings. The van der Waals surface area contributed by atoms with Crippen LogP contribution in [0.1, 0.15) is 55.0 Å². The first-order chi connectivity index (χ1) is 17.9. The van der Waals surface area contributed by atoms with Crippen molar-refractivity contribution in [2.24, 2.45) is 0 Å². The van der Waals surface area contributed by atoms with Gasteiger partial charge in [-0.2, -0.15) is 0 Å². The Morgan fingerprint density at radius 2 is 2.00 bits per heavy atom. The quantitative estimate of drug-likeness (QED) is 0.350. The van der Waals surface area contributed by atoms with Gasteiger partial charge in [-0.05, 0) is 68.8 Å². The van der Waals surface area contributed by atoms with E-state index in [1.165, 1.54) is 42.2 Å². The van der Waals surface area contributed by atoms with Crippen molar-refractivity contribution in [1.29, 1.82) is 0 Å². The molecular weight excluding hydrogens is 472 g/mol. The molecule has 1 aliphatic heterocycles. The number of fused-ring (bicyclic) bond motifs is 2. The highest BCUT2D eigenvalue weighted by molar-refractivity contribution is 5.81. The molecular formula is C27H36N6O4. The van der Waals surface area contributed by atoms with Crippen molar-refractivity contribution in [3.63, 3.8) is 0 Å². The molecule has 0 amide bonds. The summed E-state index contributed by atoms with van der Waals surface area (Å²) < 4.78 is 7.61. The lowest BCUT2D eigenvalue weighted by atomic mass is 9.86. The Labute approximate surface area is 216 Å². The highest BCUT2D eigenvalue weighted by atomic mass is 16.6. The van der Waals surface area contributed by atoms with Crippen LogP contribution in [0.15, 0.2) is 30.9 Å². The summed E-state index contributed by atoms with van der Waals surface area (Å²) in [4.78, 5) is 27.1. The number of aryl methyl sites for hydroxylation is 1. The zero-order valence-corrected chi connectivity index (χ0v) is 21.3. The molecule has 1 aliphatic carbocycles. The minimum atomic E-state index is -1.13. The van der Waals surface area contributed by atoms with Crippen LogP contribution in [0.4, 0.5) is 5.82 Å². The lowest BCUT2D eigenvalue weighted by Gasteiger charge is -2.22. The molecule has 1 saturated heterocycles. The van der Waals surface area contributed by atoms with Crippen LogP contribution >= 0.6 is 0 Å². The van der Waals surface area contributed by atoms with E-state index in [1.54, 1.807) is 4.57 Å². The van der Waals surface area contributed by atoms with Gasteiger partial charge in [-0.1, -0.05) is 18.2 Å². The van der Waals surface area contributed by atoms with E-state index in [4.69, 9.17) is 10.5 Å². The maximum atomic E-state index is 12.6. The Balaban J connectivity index is 1.08. The third-order valence-corrected chi connectivity index (χ3v) is 7.62. The molecule has 5 rings (SSSR count). The van der Waals surface area contributed by atoms with Crippen molar-refractivity contribution in [3.8, 4) is 0 Å². The number of carbonyl (C=O) groups excluding carboxylic acids is 1. The summed E-state index contributed by atoms with van der Waals surface area (Å²) in [6, 6.07) is 6.40. The number of unbranched alkanes of at least 4 members (excludes halogenated alkanes) is 1. The Kier molecular flexibility index (Phi) is 7.80. The molecule has 4 atom stereocenters. The van der Waals surface area contributed by atoms with Crippen molar-refractivity contribution >= 4 is 22.8 Å². The number of aliphatic hydroxyl groups is 2. The number of anilines is 1. The number of rotatable bonds is 10. The number of hydrogen-bond donors (Lipinski definition) is 3. The summed E-state index contributed by atoms with van der Waals surface area (Å²) in [5, 5.41) is 21.3. The third kappa shape index (κ3) is 5.52. The number of Topliss-reactive ketones (excluding diaryl/α,β-unsaturated/α-hetero) is 1. The van der Waals surface area contributed by atoms with Crippen molar-refractivity contribution in [1.82, 2.24) is 24.4 Å². The van der Waals surface area contributed by atoms with Crippen LogP contribution in [-0.2, 0) is 28.8 Å². The van der Waals surface area contributed by atoms with E-state index in [-0.39, 0.29) is 5.82 Å². The average molecular weight is 509 g/mol. The number of aliphatic hydroxyl groups excluding tert-OH is 2. The van der Waals surface area contributed by atoms with E-state index >= 15 is 0 Å². The highest BCUT2D eigenvalue weighted by Gasteiger charge is 2.44. The van der Waals surface area contributed by atoms with Crippen LogP contribution in [0.5, 0.6) is 0 Å². The number of nitrogens with zero attached hydrogens (tertiary/aromatic N) is 5. The van der Waals surface area contributed by atoms with Crippen molar-refractivity contribution in [3.05, 3.63) is 47.5 Å². The monoisotopic (exact) mass is 508 g/mol. The fourth-order valence-corrected chi connectivity index (χ4v) is 5.60. The first-order valence-electron chi connectivity index (χ1n) is 13.2. The number of ketones is 1. The van der Waals surface area contributed by atoms with Crippen LogP contribution < -0.4 is 5.73 Å². The minimum Gasteiger partial charge on any atom is -0.387 e. The van der Waals surface area contributed by atoms with E-state index in [1.807, 2.05) is 7.05 Å². The van der Waals surface area contributed by atoms with Gasteiger partial charge in [-0.3, -0.25) is 9.36 Å². The van der Waals surface area contributed by atoms with E-state index in [0.29, 0.717) is 36.3 Å². The molecule has 4 N–H and O–H groups in total. The summed E-state index contributed by atoms with van der Waals surface area (Å²) in [5.74, 6) is 0.536. The average Bonchev–Trinajstić information content (AvgIpc) is 3.44. The lowest BCUT2D eigenvalue weighted by molar-refractivity contribution is -0.118. The number of nitrogens with two attached hydrogens (primary N) is 1. The van der Waals surface area contributed by atoms with E-state index in [0.717, 1.165) is 32.2 Å². The fourth-order valence-electron chi connectivity index (χ4n) is 5.60. The van der Waals surface area contributed by atoms with Gasteiger partial charge >= 0.3 is 0 Å². The van der Waals surface area contributed by atoms with Gasteiger partial charge in [0.15, 0.2) is 17.7 Å². The Bertz CT molecular complexity index is 1250.